The van der Waals surface area contributed by atoms with Gasteiger partial charge >= 0.3 is 0 Å². The van der Waals surface area contributed by atoms with E-state index in [1.54, 1.807) is 6.92 Å². The van der Waals surface area contributed by atoms with Crippen molar-refractivity contribution in [1.29, 1.82) is 0 Å². The summed E-state index contributed by atoms with van der Waals surface area (Å²) in [7, 11) is 0. The lowest BCUT2D eigenvalue weighted by atomic mass is 9.82. The van der Waals surface area contributed by atoms with Crippen LogP contribution in [0.25, 0.3) is 0 Å². The lowest BCUT2D eigenvalue weighted by Crippen LogP contribution is -2.21. The van der Waals surface area contributed by atoms with Crippen LogP contribution in [0.5, 0.6) is 17.2 Å². The molecule has 0 saturated carbocycles. The molecule has 5 nitrogen and oxygen atoms in total. The highest BCUT2D eigenvalue weighted by Crippen LogP contribution is 2.38. The van der Waals surface area contributed by atoms with Crippen molar-refractivity contribution in [2.45, 2.75) is 11.2 Å². The monoisotopic (exact) mass is 388 g/mol. The number of alkyl halides is 3. The zero-order valence-corrected chi connectivity index (χ0v) is 14.4. The van der Waals surface area contributed by atoms with Crippen molar-refractivity contribution < 1.29 is 24.9 Å². The first-order valence-corrected chi connectivity index (χ1v) is 7.85. The maximum Gasteiger partial charge on any atom is 0.201 e. The van der Waals surface area contributed by atoms with Gasteiger partial charge in [-0.05, 0) is 30.7 Å². The van der Waals surface area contributed by atoms with E-state index in [4.69, 9.17) is 34.8 Å². The zero-order valence-electron chi connectivity index (χ0n) is 12.2. The second kappa shape index (κ2) is 6.89. The van der Waals surface area contributed by atoms with Crippen molar-refractivity contribution in [3.05, 3.63) is 52.1 Å². The third-order valence-corrected chi connectivity index (χ3v) is 3.31. The smallest absolute Gasteiger partial charge is 0.201 e. The minimum atomic E-state index is -0.750. The standard InChI is InChI=1S/C15H10O5.CHCl3/c1-6-2-8-12(10(17)3-6)15(20)13-9(14(8)19)4-7(16)5-11(13)18;2-1(3)4/h2-5,16-18H,1H3;1H. The Morgan fingerprint density at radius 3 is 1.79 bits per heavy atom. The van der Waals surface area contributed by atoms with Gasteiger partial charge in [0, 0.05) is 17.2 Å². The van der Waals surface area contributed by atoms with Crippen LogP contribution in [-0.2, 0) is 0 Å². The number of phenols is 3. The summed E-state index contributed by atoms with van der Waals surface area (Å²) in [6.07, 6.45) is 0. The van der Waals surface area contributed by atoms with E-state index in [1.165, 1.54) is 12.1 Å². The fraction of sp³-hybridized carbons (Fsp3) is 0.125. The SMILES string of the molecule is Cc1cc(O)c2c(c1)C(=O)c1cc(O)cc(O)c1C2=O.ClC(Cl)Cl. The van der Waals surface area contributed by atoms with Crippen LogP contribution < -0.4 is 0 Å². The molecule has 8 heteroatoms. The van der Waals surface area contributed by atoms with Crippen LogP contribution in [0.2, 0.25) is 0 Å². The normalized spacial score (nSPS) is 12.4. The Bertz CT molecular complexity index is 780. The minimum absolute atomic E-state index is 0.0648. The average Bonchev–Trinajstić information content (AvgIpc) is 2.42. The molecular weight excluding hydrogens is 379 g/mol. The number of fused-ring (bicyclic) bond motifs is 2. The van der Waals surface area contributed by atoms with Gasteiger partial charge in [0.05, 0.1) is 11.1 Å². The van der Waals surface area contributed by atoms with Crippen molar-refractivity contribution in [3.63, 3.8) is 0 Å². The van der Waals surface area contributed by atoms with Crippen LogP contribution in [0.1, 0.15) is 37.4 Å². The van der Waals surface area contributed by atoms with E-state index >= 15 is 0 Å². The number of hydrogen-bond acceptors (Lipinski definition) is 5. The topological polar surface area (TPSA) is 94.8 Å². The molecule has 3 N–H and O–H groups in total. The van der Waals surface area contributed by atoms with Crippen molar-refractivity contribution in [2.75, 3.05) is 0 Å². The molecule has 0 heterocycles. The molecule has 0 aliphatic heterocycles. The predicted molar refractivity (Wildman–Crippen MR) is 90.8 cm³/mol. The second-order valence-corrected chi connectivity index (χ2v) is 6.98. The van der Waals surface area contributed by atoms with Gasteiger partial charge in [-0.2, -0.15) is 0 Å². The summed E-state index contributed by atoms with van der Waals surface area (Å²) in [6.45, 7) is 1.69. The lowest BCUT2D eigenvalue weighted by Gasteiger charge is -2.19. The molecule has 126 valence electrons. The van der Waals surface area contributed by atoms with Gasteiger partial charge < -0.3 is 15.3 Å². The third-order valence-electron chi connectivity index (χ3n) is 3.31. The van der Waals surface area contributed by atoms with Crippen LogP contribution in [0.15, 0.2) is 24.3 Å². The molecule has 2 aromatic rings. The van der Waals surface area contributed by atoms with Gasteiger partial charge in [0.25, 0.3) is 0 Å². The Labute approximate surface area is 152 Å². The van der Waals surface area contributed by atoms with Gasteiger partial charge in [-0.3, -0.25) is 9.59 Å². The minimum Gasteiger partial charge on any atom is -0.508 e. The fourth-order valence-electron chi connectivity index (χ4n) is 2.48. The summed E-state index contributed by atoms with van der Waals surface area (Å²) in [5.41, 5.74) is 0.332. The quantitative estimate of drug-likeness (QED) is 0.507. The summed E-state index contributed by atoms with van der Waals surface area (Å²) in [4.78, 5) is 24.7. The molecule has 2 aromatic carbocycles. The lowest BCUT2D eigenvalue weighted by molar-refractivity contribution is 0.0974. The first-order chi connectivity index (χ1) is 11.1. The Hall–Kier alpha value is -1.95. The highest BCUT2D eigenvalue weighted by molar-refractivity contribution is 6.63. The fourth-order valence-corrected chi connectivity index (χ4v) is 2.48. The number of carbonyl (C=O) groups excluding carboxylic acids is 2. The number of phenolic OH excluding ortho intramolecular Hbond substituents is 3. The molecule has 0 fully saturated rings. The van der Waals surface area contributed by atoms with Gasteiger partial charge in [-0.25, -0.2) is 0 Å². The molecule has 0 atom stereocenters. The molecule has 0 bridgehead atoms. The van der Waals surface area contributed by atoms with E-state index in [0.29, 0.717) is 5.56 Å². The first-order valence-electron chi connectivity index (χ1n) is 6.54. The molecule has 0 saturated heterocycles. The van der Waals surface area contributed by atoms with Gasteiger partial charge in [0.1, 0.15) is 17.2 Å². The molecule has 1 aliphatic rings. The van der Waals surface area contributed by atoms with Crippen LogP contribution in [0.4, 0.5) is 0 Å². The van der Waals surface area contributed by atoms with Crippen LogP contribution in [0.3, 0.4) is 0 Å². The van der Waals surface area contributed by atoms with Crippen molar-refractivity contribution in [2.24, 2.45) is 0 Å². The van der Waals surface area contributed by atoms with Gasteiger partial charge in [-0.1, -0.05) is 34.8 Å². The van der Waals surface area contributed by atoms with Gasteiger partial charge in [0.15, 0.2) is 10.1 Å². The van der Waals surface area contributed by atoms with E-state index in [9.17, 15) is 24.9 Å². The van der Waals surface area contributed by atoms with Crippen molar-refractivity contribution in [3.8, 4) is 17.2 Å². The summed E-state index contributed by atoms with van der Waals surface area (Å²) < 4.78 is -0.750. The predicted octanol–water partition coefficient (Wildman–Crippen LogP) is 3.87. The number of halogens is 3. The molecule has 0 unspecified atom stereocenters. The Balaban J connectivity index is 0.000000471. The molecule has 0 spiro atoms. The molecule has 0 radical (unpaired) electrons. The van der Waals surface area contributed by atoms with Crippen molar-refractivity contribution in [1.82, 2.24) is 0 Å². The van der Waals surface area contributed by atoms with E-state index < -0.39 is 21.6 Å². The maximum atomic E-state index is 12.4. The van der Waals surface area contributed by atoms with Crippen molar-refractivity contribution >= 4 is 46.4 Å². The van der Waals surface area contributed by atoms with Crippen LogP contribution in [0, 0.1) is 6.92 Å². The summed E-state index contributed by atoms with van der Waals surface area (Å²) >= 11 is 14.4. The molecular formula is C16H11Cl3O5. The Morgan fingerprint density at radius 2 is 1.25 bits per heavy atom. The summed E-state index contributed by atoms with van der Waals surface area (Å²) in [5.74, 6) is -2.23. The molecule has 0 aromatic heterocycles. The number of carbonyl (C=O) groups is 2. The average molecular weight is 390 g/mol. The van der Waals surface area contributed by atoms with E-state index in [0.717, 1.165) is 12.1 Å². The molecule has 1 aliphatic carbocycles. The molecule has 0 amide bonds. The van der Waals surface area contributed by atoms with Crippen LogP contribution >= 0.6 is 34.8 Å². The van der Waals surface area contributed by atoms with E-state index in [2.05, 4.69) is 0 Å². The summed E-state index contributed by atoms with van der Waals surface area (Å²) in [6, 6.07) is 5.00. The highest BCUT2D eigenvalue weighted by Gasteiger charge is 2.34. The number of hydrogen-bond donors (Lipinski definition) is 3. The second-order valence-electron chi connectivity index (χ2n) is 5.00. The highest BCUT2D eigenvalue weighted by atomic mass is 35.6. The number of rotatable bonds is 0. The number of benzene rings is 2. The molecule has 3 rings (SSSR count). The number of aromatic hydroxyl groups is 3. The molecule has 24 heavy (non-hydrogen) atoms. The zero-order chi connectivity index (χ0) is 18.2. The van der Waals surface area contributed by atoms with Crippen LogP contribution in [-0.4, -0.2) is 31.2 Å². The van der Waals surface area contributed by atoms with Gasteiger partial charge in [0.2, 0.25) is 5.78 Å². The largest absolute Gasteiger partial charge is 0.508 e. The third kappa shape index (κ3) is 3.43. The first kappa shape index (κ1) is 18.4. The van der Waals surface area contributed by atoms with E-state index in [-0.39, 0.29) is 33.8 Å². The number of aryl methyl sites for hydroxylation is 1. The maximum absolute atomic E-state index is 12.4. The van der Waals surface area contributed by atoms with Gasteiger partial charge in [-0.15, -0.1) is 0 Å². The number of ketones is 2. The summed E-state index contributed by atoms with van der Waals surface area (Å²) in [5, 5.41) is 29.1. The Morgan fingerprint density at radius 1 is 0.792 bits per heavy atom. The van der Waals surface area contributed by atoms with E-state index in [1.807, 2.05) is 0 Å². The Kier molecular flexibility index (Phi) is 5.28.